The van der Waals surface area contributed by atoms with Crippen LogP contribution in [0.4, 0.5) is 10.5 Å². The largest absolute Gasteiger partial charge is 0.495 e. The molecule has 0 radical (unpaired) electrons. The predicted molar refractivity (Wildman–Crippen MR) is 96.4 cm³/mol. The summed E-state index contributed by atoms with van der Waals surface area (Å²) in [5, 5.41) is 3.08. The second kappa shape index (κ2) is 9.28. The van der Waals surface area contributed by atoms with Gasteiger partial charge in [0.25, 0.3) is 0 Å². The number of methoxy groups -OCH3 is 1. The van der Waals surface area contributed by atoms with Gasteiger partial charge >= 0.3 is 6.09 Å². The van der Waals surface area contributed by atoms with Gasteiger partial charge in [0.05, 0.1) is 19.4 Å². The zero-order valence-corrected chi connectivity index (χ0v) is 15.5. The van der Waals surface area contributed by atoms with E-state index in [-0.39, 0.29) is 18.4 Å². The highest BCUT2D eigenvalue weighted by Crippen LogP contribution is 2.27. The van der Waals surface area contributed by atoms with Crippen molar-refractivity contribution >= 4 is 35.2 Å². The van der Waals surface area contributed by atoms with E-state index in [1.807, 2.05) is 0 Å². The van der Waals surface area contributed by atoms with Gasteiger partial charge < -0.3 is 24.6 Å². The third kappa shape index (κ3) is 5.26. The second-order valence-electron chi connectivity index (χ2n) is 5.64. The van der Waals surface area contributed by atoms with Crippen LogP contribution in [0, 0.1) is 0 Å². The molecule has 1 aromatic carbocycles. The first kappa shape index (κ1) is 19.8. The maximum Gasteiger partial charge on any atom is 0.409 e. The van der Waals surface area contributed by atoms with E-state index in [1.54, 1.807) is 34.9 Å². The summed E-state index contributed by atoms with van der Waals surface area (Å²) in [6.07, 6.45) is -0.680. The molecule has 142 valence electrons. The Balaban J connectivity index is 1.86. The molecule has 0 spiro atoms. The van der Waals surface area contributed by atoms with E-state index in [9.17, 15) is 14.4 Å². The first-order valence-corrected chi connectivity index (χ1v) is 8.65. The number of halogens is 1. The topological polar surface area (TPSA) is 88.2 Å². The molecule has 0 atom stereocenters. The molecule has 0 unspecified atom stereocenters. The molecule has 2 rings (SSSR count). The number of rotatable bonds is 5. The van der Waals surface area contributed by atoms with Gasteiger partial charge in [0.1, 0.15) is 12.2 Å². The number of hydrogen-bond acceptors (Lipinski definition) is 5. The van der Waals surface area contributed by atoms with Gasteiger partial charge in [-0.15, -0.1) is 0 Å². The quantitative estimate of drug-likeness (QED) is 0.785. The Bertz CT molecular complexity index is 674. The number of nitrogens with zero attached hydrogens (tertiary/aromatic N) is 2. The molecule has 1 N–H and O–H groups in total. The van der Waals surface area contributed by atoms with E-state index in [0.717, 1.165) is 0 Å². The van der Waals surface area contributed by atoms with Crippen molar-refractivity contribution in [2.45, 2.75) is 13.3 Å². The monoisotopic (exact) mass is 383 g/mol. The van der Waals surface area contributed by atoms with E-state index < -0.39 is 5.91 Å². The number of benzene rings is 1. The minimum Gasteiger partial charge on any atom is -0.495 e. The van der Waals surface area contributed by atoms with E-state index >= 15 is 0 Å². The Morgan fingerprint density at radius 2 is 1.81 bits per heavy atom. The van der Waals surface area contributed by atoms with E-state index in [1.165, 1.54) is 7.11 Å². The number of piperazine rings is 1. The summed E-state index contributed by atoms with van der Waals surface area (Å²) in [5.41, 5.74) is 0.407. The number of nitrogens with one attached hydrogen (secondary N) is 1. The number of ether oxygens (including phenoxy) is 2. The summed E-state index contributed by atoms with van der Waals surface area (Å²) in [6.45, 7) is 3.55. The summed E-state index contributed by atoms with van der Waals surface area (Å²) in [4.78, 5) is 39.2. The Morgan fingerprint density at radius 3 is 2.42 bits per heavy atom. The number of hydrogen-bond donors (Lipinski definition) is 1. The summed E-state index contributed by atoms with van der Waals surface area (Å²) in [6, 6.07) is 4.83. The SMILES string of the molecule is CCOC(=O)N1CCN(C(=O)CC(=O)Nc2cc(Cl)ccc2OC)CC1. The van der Waals surface area contributed by atoms with Crippen molar-refractivity contribution in [3.63, 3.8) is 0 Å². The molecule has 0 aromatic heterocycles. The molecular weight excluding hydrogens is 362 g/mol. The fourth-order valence-electron chi connectivity index (χ4n) is 2.57. The molecule has 1 saturated heterocycles. The molecule has 26 heavy (non-hydrogen) atoms. The first-order valence-electron chi connectivity index (χ1n) is 8.27. The van der Waals surface area contributed by atoms with Crippen LogP contribution in [0.3, 0.4) is 0 Å². The average Bonchev–Trinajstić information content (AvgIpc) is 2.62. The third-order valence-electron chi connectivity index (χ3n) is 3.91. The van der Waals surface area contributed by atoms with Crippen LogP contribution in [0.25, 0.3) is 0 Å². The van der Waals surface area contributed by atoms with Crippen LogP contribution >= 0.6 is 11.6 Å². The summed E-state index contributed by atoms with van der Waals surface area (Å²) >= 11 is 5.92. The molecule has 8 nitrogen and oxygen atoms in total. The minimum atomic E-state index is -0.455. The lowest BCUT2D eigenvalue weighted by Crippen LogP contribution is -2.51. The summed E-state index contributed by atoms with van der Waals surface area (Å²) in [5.74, 6) is -0.298. The van der Waals surface area contributed by atoms with Crippen LogP contribution in [0.2, 0.25) is 5.02 Å². The minimum absolute atomic E-state index is 0.297. The predicted octanol–water partition coefficient (Wildman–Crippen LogP) is 1.98. The molecule has 1 aliphatic heterocycles. The lowest BCUT2D eigenvalue weighted by atomic mass is 10.2. The third-order valence-corrected chi connectivity index (χ3v) is 4.14. The van der Waals surface area contributed by atoms with E-state index in [2.05, 4.69) is 5.32 Å². The van der Waals surface area contributed by atoms with Crippen LogP contribution in [0.1, 0.15) is 13.3 Å². The van der Waals surface area contributed by atoms with Crippen LogP contribution in [0.15, 0.2) is 18.2 Å². The Labute approximate surface area is 157 Å². The van der Waals surface area contributed by atoms with Crippen LogP contribution < -0.4 is 10.1 Å². The molecule has 1 heterocycles. The number of carbonyl (C=O) groups excluding carboxylic acids is 3. The zero-order valence-electron chi connectivity index (χ0n) is 14.8. The van der Waals surface area contributed by atoms with Crippen molar-refractivity contribution in [1.82, 2.24) is 9.80 Å². The lowest BCUT2D eigenvalue weighted by Gasteiger charge is -2.34. The van der Waals surface area contributed by atoms with Gasteiger partial charge in [0.2, 0.25) is 11.8 Å². The Morgan fingerprint density at radius 1 is 1.15 bits per heavy atom. The normalized spacial score (nSPS) is 14.0. The molecule has 1 aromatic rings. The lowest BCUT2D eigenvalue weighted by molar-refractivity contribution is -0.135. The van der Waals surface area contributed by atoms with Gasteiger partial charge in [-0.2, -0.15) is 0 Å². The fourth-order valence-corrected chi connectivity index (χ4v) is 2.75. The van der Waals surface area contributed by atoms with Crippen molar-refractivity contribution in [2.24, 2.45) is 0 Å². The van der Waals surface area contributed by atoms with Gasteiger partial charge in [-0.3, -0.25) is 9.59 Å². The standard InChI is InChI=1S/C17H22ClN3O5/c1-3-26-17(24)21-8-6-20(7-9-21)16(23)11-15(22)19-13-10-12(18)4-5-14(13)25-2/h4-5,10H,3,6-9,11H2,1-2H3,(H,19,22). The molecule has 1 aliphatic rings. The van der Waals surface area contributed by atoms with Crippen molar-refractivity contribution in [3.8, 4) is 5.75 Å². The van der Waals surface area contributed by atoms with E-state index in [0.29, 0.717) is 49.2 Å². The molecule has 1 fully saturated rings. The maximum atomic E-state index is 12.3. The maximum absolute atomic E-state index is 12.3. The Kier molecular flexibility index (Phi) is 7.08. The highest BCUT2D eigenvalue weighted by atomic mass is 35.5. The fraction of sp³-hybridized carbons (Fsp3) is 0.471. The van der Waals surface area contributed by atoms with Gasteiger partial charge in [-0.05, 0) is 25.1 Å². The molecule has 0 saturated carbocycles. The molecular formula is C17H22ClN3O5. The highest BCUT2D eigenvalue weighted by Gasteiger charge is 2.26. The molecule has 0 aliphatic carbocycles. The second-order valence-corrected chi connectivity index (χ2v) is 6.07. The van der Waals surface area contributed by atoms with Crippen LogP contribution in [-0.4, -0.2) is 67.6 Å². The summed E-state index contributed by atoms with van der Waals surface area (Å²) < 4.78 is 10.1. The van der Waals surface area contributed by atoms with Crippen molar-refractivity contribution < 1.29 is 23.9 Å². The number of anilines is 1. The van der Waals surface area contributed by atoms with Gasteiger partial charge in [-0.1, -0.05) is 11.6 Å². The molecule has 3 amide bonds. The zero-order chi connectivity index (χ0) is 19.1. The van der Waals surface area contributed by atoms with Gasteiger partial charge in [0, 0.05) is 31.2 Å². The molecule has 0 bridgehead atoms. The summed E-state index contributed by atoms with van der Waals surface area (Å²) in [7, 11) is 1.48. The van der Waals surface area contributed by atoms with Gasteiger partial charge in [-0.25, -0.2) is 4.79 Å². The van der Waals surface area contributed by atoms with Crippen molar-refractivity contribution in [2.75, 3.05) is 45.2 Å². The first-order chi connectivity index (χ1) is 12.4. The van der Waals surface area contributed by atoms with E-state index in [4.69, 9.17) is 21.1 Å². The van der Waals surface area contributed by atoms with Gasteiger partial charge in [0.15, 0.2) is 0 Å². The van der Waals surface area contributed by atoms with Crippen LogP contribution in [0.5, 0.6) is 5.75 Å². The van der Waals surface area contributed by atoms with Crippen LogP contribution in [-0.2, 0) is 14.3 Å². The smallest absolute Gasteiger partial charge is 0.409 e. The highest BCUT2D eigenvalue weighted by molar-refractivity contribution is 6.31. The Hall–Kier alpha value is -2.48. The average molecular weight is 384 g/mol. The van der Waals surface area contributed by atoms with Crippen molar-refractivity contribution in [1.29, 1.82) is 0 Å². The number of amides is 3. The van der Waals surface area contributed by atoms with Crippen molar-refractivity contribution in [3.05, 3.63) is 23.2 Å². The molecule has 9 heteroatoms. The number of carbonyl (C=O) groups is 3.